The van der Waals surface area contributed by atoms with Crippen molar-refractivity contribution in [2.75, 3.05) is 14.2 Å². The maximum Gasteiger partial charge on any atom is 0.119 e. The van der Waals surface area contributed by atoms with E-state index in [2.05, 4.69) is 20.5 Å². The van der Waals surface area contributed by atoms with E-state index >= 15 is 0 Å². The lowest BCUT2D eigenvalue weighted by Crippen LogP contribution is -1.80. The standard InChI is InChI=1S/C22H20N4O2/c1-27-21-13-9-19(10-14-21)25-23-17-5-3-4-6-18(8-7-17)24-26-20-11-15-22(28-2)16-12-20/h3-16H,1-2H3/b4-3?,5-3-,6-4-,8-7?,17-5?,17-7+,18-6?,18-8+,25-23?,26-24?. The summed E-state index contributed by atoms with van der Waals surface area (Å²) in [5.41, 5.74) is 2.90. The summed E-state index contributed by atoms with van der Waals surface area (Å²) in [5.74, 6) is 1.56. The second-order valence-corrected chi connectivity index (χ2v) is 5.70. The van der Waals surface area contributed by atoms with Gasteiger partial charge in [0.1, 0.15) is 11.5 Å². The van der Waals surface area contributed by atoms with E-state index in [0.29, 0.717) is 11.4 Å². The summed E-state index contributed by atoms with van der Waals surface area (Å²) in [4.78, 5) is 0. The highest BCUT2D eigenvalue weighted by molar-refractivity contribution is 5.42. The Morgan fingerprint density at radius 1 is 0.536 bits per heavy atom. The van der Waals surface area contributed by atoms with E-state index < -0.39 is 0 Å². The van der Waals surface area contributed by atoms with Gasteiger partial charge in [-0.05, 0) is 72.8 Å². The molecule has 0 aliphatic heterocycles. The van der Waals surface area contributed by atoms with Gasteiger partial charge < -0.3 is 9.47 Å². The van der Waals surface area contributed by atoms with Crippen LogP contribution in [0.5, 0.6) is 11.5 Å². The van der Waals surface area contributed by atoms with Crippen molar-refractivity contribution in [3.8, 4) is 11.5 Å². The minimum Gasteiger partial charge on any atom is -0.497 e. The Morgan fingerprint density at radius 3 is 1.29 bits per heavy atom. The van der Waals surface area contributed by atoms with Crippen LogP contribution in [0.3, 0.4) is 0 Å². The van der Waals surface area contributed by atoms with Crippen LogP contribution >= 0.6 is 0 Å². The maximum atomic E-state index is 5.14. The predicted octanol–water partition coefficient (Wildman–Crippen LogP) is 6.47. The van der Waals surface area contributed by atoms with Gasteiger partial charge >= 0.3 is 0 Å². The summed E-state index contributed by atoms with van der Waals surface area (Å²) in [7, 11) is 3.26. The molecule has 2 aromatic rings. The van der Waals surface area contributed by atoms with Crippen LogP contribution in [-0.4, -0.2) is 14.2 Å². The SMILES string of the molecule is COc1ccc(N=NC2=C/C=C(N=Nc3ccc(OC)cc3)\C=C/C=C\2)cc1. The van der Waals surface area contributed by atoms with Crippen molar-refractivity contribution < 1.29 is 9.47 Å². The first-order valence-corrected chi connectivity index (χ1v) is 8.65. The maximum absolute atomic E-state index is 5.14. The molecule has 2 aromatic carbocycles. The molecule has 0 atom stereocenters. The average molecular weight is 372 g/mol. The molecular weight excluding hydrogens is 352 g/mol. The minimum absolute atomic E-state index is 0.706. The molecule has 1 aliphatic rings. The lowest BCUT2D eigenvalue weighted by molar-refractivity contribution is 0.414. The van der Waals surface area contributed by atoms with E-state index in [4.69, 9.17) is 9.47 Å². The number of methoxy groups -OCH3 is 2. The number of ether oxygens (including phenoxy) is 2. The van der Waals surface area contributed by atoms with Crippen LogP contribution in [0.2, 0.25) is 0 Å². The Kier molecular flexibility index (Phi) is 6.62. The van der Waals surface area contributed by atoms with Gasteiger partial charge in [-0.25, -0.2) is 0 Å². The molecule has 0 amide bonds. The lowest BCUT2D eigenvalue weighted by atomic mass is 10.2. The Hall–Kier alpha value is -3.80. The summed E-state index contributed by atoms with van der Waals surface area (Å²) in [6.07, 6.45) is 11.2. The third-order valence-electron chi connectivity index (χ3n) is 3.78. The van der Waals surface area contributed by atoms with Gasteiger partial charge in [-0.2, -0.15) is 20.5 Å². The fourth-order valence-corrected chi connectivity index (χ4v) is 2.25. The highest BCUT2D eigenvalue weighted by Gasteiger charge is 1.96. The van der Waals surface area contributed by atoms with Crippen LogP contribution in [0.15, 0.2) is 117 Å². The van der Waals surface area contributed by atoms with Gasteiger partial charge in [0.25, 0.3) is 0 Å². The largest absolute Gasteiger partial charge is 0.497 e. The highest BCUT2D eigenvalue weighted by atomic mass is 16.5. The molecule has 0 bridgehead atoms. The van der Waals surface area contributed by atoms with Crippen molar-refractivity contribution in [2.45, 2.75) is 0 Å². The number of rotatable bonds is 6. The zero-order valence-corrected chi connectivity index (χ0v) is 15.7. The molecule has 140 valence electrons. The van der Waals surface area contributed by atoms with Crippen LogP contribution in [0.25, 0.3) is 0 Å². The molecule has 6 heteroatoms. The smallest absolute Gasteiger partial charge is 0.119 e. The summed E-state index contributed by atoms with van der Waals surface area (Å²) in [6, 6.07) is 14.8. The van der Waals surface area contributed by atoms with Gasteiger partial charge in [0.2, 0.25) is 0 Å². The molecule has 0 fully saturated rings. The topological polar surface area (TPSA) is 67.9 Å². The molecular formula is C22H20N4O2. The Labute approximate surface area is 163 Å². The lowest BCUT2D eigenvalue weighted by Gasteiger charge is -1.99. The zero-order valence-electron chi connectivity index (χ0n) is 15.7. The zero-order chi connectivity index (χ0) is 19.6. The van der Waals surface area contributed by atoms with Crippen molar-refractivity contribution in [1.29, 1.82) is 0 Å². The first kappa shape index (κ1) is 19.0. The van der Waals surface area contributed by atoms with E-state index in [1.807, 2.05) is 85.0 Å². The van der Waals surface area contributed by atoms with E-state index in [-0.39, 0.29) is 0 Å². The fraction of sp³-hybridized carbons (Fsp3) is 0.0909. The second kappa shape index (κ2) is 9.78. The van der Waals surface area contributed by atoms with Gasteiger partial charge in [-0.15, -0.1) is 0 Å². The molecule has 3 rings (SSSR count). The molecule has 0 radical (unpaired) electrons. The van der Waals surface area contributed by atoms with Crippen LogP contribution in [0.4, 0.5) is 11.4 Å². The van der Waals surface area contributed by atoms with Crippen molar-refractivity contribution in [1.82, 2.24) is 0 Å². The van der Waals surface area contributed by atoms with Gasteiger partial charge in [-0.3, -0.25) is 0 Å². The molecule has 6 nitrogen and oxygen atoms in total. The average Bonchev–Trinajstić information content (AvgIpc) is 2.73. The molecule has 0 saturated heterocycles. The minimum atomic E-state index is 0.706. The van der Waals surface area contributed by atoms with Crippen molar-refractivity contribution >= 4 is 11.4 Å². The van der Waals surface area contributed by atoms with E-state index in [0.717, 1.165) is 22.9 Å². The summed E-state index contributed by atoms with van der Waals surface area (Å²) in [6.45, 7) is 0. The number of hydrogen-bond donors (Lipinski definition) is 0. The fourth-order valence-electron chi connectivity index (χ4n) is 2.25. The Morgan fingerprint density at radius 2 is 0.929 bits per heavy atom. The second-order valence-electron chi connectivity index (χ2n) is 5.70. The number of hydrogen-bond acceptors (Lipinski definition) is 6. The van der Waals surface area contributed by atoms with Gasteiger partial charge in [0.05, 0.1) is 37.0 Å². The predicted molar refractivity (Wildman–Crippen MR) is 109 cm³/mol. The van der Waals surface area contributed by atoms with Crippen molar-refractivity contribution in [3.05, 3.63) is 96.4 Å². The van der Waals surface area contributed by atoms with Gasteiger partial charge in [0.15, 0.2) is 0 Å². The first-order chi connectivity index (χ1) is 13.8. The summed E-state index contributed by atoms with van der Waals surface area (Å²) < 4.78 is 10.3. The van der Waals surface area contributed by atoms with Gasteiger partial charge in [-0.1, -0.05) is 12.2 Å². The molecule has 1 aliphatic carbocycles. The molecule has 0 spiro atoms. The number of azo groups is 2. The molecule has 28 heavy (non-hydrogen) atoms. The van der Waals surface area contributed by atoms with Crippen molar-refractivity contribution in [2.24, 2.45) is 20.5 Å². The van der Waals surface area contributed by atoms with Gasteiger partial charge in [0, 0.05) is 0 Å². The monoisotopic (exact) mass is 372 g/mol. The van der Waals surface area contributed by atoms with Crippen LogP contribution < -0.4 is 9.47 Å². The Balaban J connectivity index is 1.71. The molecule has 0 heterocycles. The van der Waals surface area contributed by atoms with Crippen LogP contribution in [-0.2, 0) is 0 Å². The quantitative estimate of drug-likeness (QED) is 0.546. The molecule has 0 unspecified atom stereocenters. The van der Waals surface area contributed by atoms with Crippen LogP contribution in [0, 0.1) is 0 Å². The van der Waals surface area contributed by atoms with E-state index in [1.54, 1.807) is 14.2 Å². The highest BCUT2D eigenvalue weighted by Crippen LogP contribution is 2.21. The summed E-state index contributed by atoms with van der Waals surface area (Å²) in [5, 5.41) is 17.0. The Bertz CT molecular complexity index is 885. The number of nitrogens with zero attached hydrogens (tertiary/aromatic N) is 4. The van der Waals surface area contributed by atoms with Crippen molar-refractivity contribution in [3.63, 3.8) is 0 Å². The van der Waals surface area contributed by atoms with Crippen LogP contribution in [0.1, 0.15) is 0 Å². The van der Waals surface area contributed by atoms with E-state index in [1.165, 1.54) is 0 Å². The number of allylic oxidation sites excluding steroid dienone is 6. The number of benzene rings is 2. The normalized spacial score (nSPS) is 19.9. The van der Waals surface area contributed by atoms with E-state index in [9.17, 15) is 0 Å². The third kappa shape index (κ3) is 5.60. The summed E-state index contributed by atoms with van der Waals surface area (Å²) >= 11 is 0. The molecule has 0 saturated carbocycles. The first-order valence-electron chi connectivity index (χ1n) is 8.65. The third-order valence-corrected chi connectivity index (χ3v) is 3.78. The molecule has 0 aromatic heterocycles. The molecule has 0 N–H and O–H groups in total.